The SMILES string of the molecule is Fc1ccc(-c2cc(F)ccc2I)cc1. The molecule has 0 bridgehead atoms. The molecule has 0 saturated heterocycles. The van der Waals surface area contributed by atoms with E-state index < -0.39 is 0 Å². The zero-order valence-electron chi connectivity index (χ0n) is 7.68. The first-order valence-corrected chi connectivity index (χ1v) is 5.46. The highest BCUT2D eigenvalue weighted by Crippen LogP contribution is 2.26. The molecule has 0 aliphatic rings. The molecule has 0 spiro atoms. The fourth-order valence-electron chi connectivity index (χ4n) is 1.35. The average Bonchev–Trinajstić information content (AvgIpc) is 2.23. The molecule has 76 valence electrons. The molecule has 2 rings (SSSR count). The first-order chi connectivity index (χ1) is 7.16. The first-order valence-electron chi connectivity index (χ1n) is 4.38. The van der Waals surface area contributed by atoms with Gasteiger partial charge in [0, 0.05) is 3.57 Å². The zero-order valence-corrected chi connectivity index (χ0v) is 9.83. The maximum absolute atomic E-state index is 13.0. The molecule has 0 radical (unpaired) electrons. The van der Waals surface area contributed by atoms with Gasteiger partial charge in [-0.15, -0.1) is 0 Å². The van der Waals surface area contributed by atoms with E-state index in [1.165, 1.54) is 24.3 Å². The molecule has 0 atom stereocenters. The summed E-state index contributed by atoms with van der Waals surface area (Å²) in [7, 11) is 0. The average molecular weight is 316 g/mol. The zero-order chi connectivity index (χ0) is 10.8. The van der Waals surface area contributed by atoms with Crippen LogP contribution in [0.2, 0.25) is 0 Å². The number of halogens is 3. The largest absolute Gasteiger partial charge is 0.207 e. The molecule has 0 aliphatic heterocycles. The van der Waals surface area contributed by atoms with E-state index >= 15 is 0 Å². The van der Waals surface area contributed by atoms with Crippen LogP contribution in [-0.2, 0) is 0 Å². The topological polar surface area (TPSA) is 0 Å². The Morgan fingerprint density at radius 3 is 2.07 bits per heavy atom. The smallest absolute Gasteiger partial charge is 0.123 e. The minimum Gasteiger partial charge on any atom is -0.207 e. The van der Waals surface area contributed by atoms with Gasteiger partial charge in [0.2, 0.25) is 0 Å². The van der Waals surface area contributed by atoms with E-state index in [-0.39, 0.29) is 11.6 Å². The normalized spacial score (nSPS) is 10.3. The first kappa shape index (κ1) is 10.5. The molecule has 2 aromatic carbocycles. The van der Waals surface area contributed by atoms with Crippen molar-refractivity contribution >= 4 is 22.6 Å². The number of rotatable bonds is 1. The monoisotopic (exact) mass is 316 g/mol. The van der Waals surface area contributed by atoms with Crippen molar-refractivity contribution in [2.75, 3.05) is 0 Å². The van der Waals surface area contributed by atoms with Gasteiger partial charge in [-0.25, -0.2) is 8.78 Å². The van der Waals surface area contributed by atoms with E-state index in [9.17, 15) is 8.78 Å². The lowest BCUT2D eigenvalue weighted by Gasteiger charge is -2.04. The maximum Gasteiger partial charge on any atom is 0.123 e. The molecule has 0 aliphatic carbocycles. The Labute approximate surface area is 100 Å². The van der Waals surface area contributed by atoms with Crippen molar-refractivity contribution in [1.82, 2.24) is 0 Å². The van der Waals surface area contributed by atoms with Crippen molar-refractivity contribution < 1.29 is 8.78 Å². The van der Waals surface area contributed by atoms with Crippen LogP contribution in [0.1, 0.15) is 0 Å². The van der Waals surface area contributed by atoms with E-state index in [4.69, 9.17) is 0 Å². The Balaban J connectivity index is 2.53. The van der Waals surface area contributed by atoms with E-state index in [0.717, 1.165) is 14.7 Å². The summed E-state index contributed by atoms with van der Waals surface area (Å²) in [5.41, 5.74) is 1.61. The highest BCUT2D eigenvalue weighted by atomic mass is 127. The lowest BCUT2D eigenvalue weighted by molar-refractivity contribution is 0.627. The lowest BCUT2D eigenvalue weighted by Crippen LogP contribution is -1.85. The van der Waals surface area contributed by atoms with E-state index in [1.54, 1.807) is 18.2 Å². The van der Waals surface area contributed by atoms with E-state index in [0.29, 0.717) is 0 Å². The van der Waals surface area contributed by atoms with Crippen LogP contribution >= 0.6 is 22.6 Å². The van der Waals surface area contributed by atoms with Gasteiger partial charge in [0.1, 0.15) is 11.6 Å². The molecule has 0 amide bonds. The summed E-state index contributed by atoms with van der Waals surface area (Å²) in [5.74, 6) is -0.570. The van der Waals surface area contributed by atoms with Gasteiger partial charge in [-0.1, -0.05) is 12.1 Å². The molecule has 0 unspecified atom stereocenters. The highest BCUT2D eigenvalue weighted by Gasteiger charge is 2.04. The summed E-state index contributed by atoms with van der Waals surface area (Å²) in [6.45, 7) is 0. The number of hydrogen-bond donors (Lipinski definition) is 0. The molecule has 0 nitrogen and oxygen atoms in total. The summed E-state index contributed by atoms with van der Waals surface area (Å²) in [5, 5.41) is 0. The van der Waals surface area contributed by atoms with Crippen molar-refractivity contribution in [3.63, 3.8) is 0 Å². The molecule has 0 fully saturated rings. The molecule has 3 heteroatoms. The van der Waals surface area contributed by atoms with Gasteiger partial charge in [0.25, 0.3) is 0 Å². The van der Waals surface area contributed by atoms with Gasteiger partial charge >= 0.3 is 0 Å². The van der Waals surface area contributed by atoms with Gasteiger partial charge in [-0.05, 0) is 64.0 Å². The van der Waals surface area contributed by atoms with E-state index in [2.05, 4.69) is 22.6 Å². The Kier molecular flexibility index (Phi) is 3.00. The summed E-state index contributed by atoms with van der Waals surface area (Å²) >= 11 is 2.13. The van der Waals surface area contributed by atoms with Gasteiger partial charge in [0.15, 0.2) is 0 Å². The molecule has 0 aromatic heterocycles. The van der Waals surface area contributed by atoms with Crippen LogP contribution in [-0.4, -0.2) is 0 Å². The lowest BCUT2D eigenvalue weighted by atomic mass is 10.1. The van der Waals surface area contributed by atoms with Crippen LogP contribution in [0.15, 0.2) is 42.5 Å². The third kappa shape index (κ3) is 2.34. The van der Waals surface area contributed by atoms with Crippen molar-refractivity contribution in [2.45, 2.75) is 0 Å². The fraction of sp³-hybridized carbons (Fsp3) is 0. The minimum absolute atomic E-state index is 0.283. The molecule has 2 aromatic rings. The summed E-state index contributed by atoms with van der Waals surface area (Å²) in [6, 6.07) is 10.6. The van der Waals surface area contributed by atoms with Crippen LogP contribution in [0, 0.1) is 15.2 Å². The fourth-order valence-corrected chi connectivity index (χ4v) is 2.00. The van der Waals surface area contributed by atoms with Gasteiger partial charge in [-0.3, -0.25) is 0 Å². The summed E-state index contributed by atoms with van der Waals surface area (Å²) in [4.78, 5) is 0. The van der Waals surface area contributed by atoms with Crippen LogP contribution in [0.5, 0.6) is 0 Å². The molecular weight excluding hydrogens is 309 g/mol. The van der Waals surface area contributed by atoms with Crippen LogP contribution in [0.3, 0.4) is 0 Å². The second-order valence-electron chi connectivity index (χ2n) is 3.13. The molecule has 0 saturated carbocycles. The van der Waals surface area contributed by atoms with Crippen molar-refractivity contribution in [1.29, 1.82) is 0 Å². The standard InChI is InChI=1S/C12H7F2I/c13-9-3-1-8(2-4-9)11-7-10(14)5-6-12(11)15/h1-7H. The third-order valence-corrected chi connectivity index (χ3v) is 3.02. The van der Waals surface area contributed by atoms with E-state index in [1.807, 2.05) is 0 Å². The third-order valence-electron chi connectivity index (χ3n) is 2.08. The highest BCUT2D eigenvalue weighted by molar-refractivity contribution is 14.1. The molecular formula is C12H7F2I. The summed E-state index contributed by atoms with van der Waals surface area (Å²) in [6.07, 6.45) is 0. The van der Waals surface area contributed by atoms with Crippen LogP contribution in [0.4, 0.5) is 8.78 Å². The van der Waals surface area contributed by atoms with Crippen molar-refractivity contribution in [2.24, 2.45) is 0 Å². The Bertz CT molecular complexity index is 477. The quantitative estimate of drug-likeness (QED) is 0.691. The molecule has 15 heavy (non-hydrogen) atoms. The van der Waals surface area contributed by atoms with Crippen LogP contribution in [0.25, 0.3) is 11.1 Å². The second kappa shape index (κ2) is 4.26. The van der Waals surface area contributed by atoms with Gasteiger partial charge in [0.05, 0.1) is 0 Å². The molecule has 0 heterocycles. The Morgan fingerprint density at radius 1 is 0.800 bits per heavy atom. The second-order valence-corrected chi connectivity index (χ2v) is 4.29. The van der Waals surface area contributed by atoms with Crippen LogP contribution < -0.4 is 0 Å². The predicted molar refractivity (Wildman–Crippen MR) is 64.5 cm³/mol. The Morgan fingerprint density at radius 2 is 1.40 bits per heavy atom. The summed E-state index contributed by atoms with van der Waals surface area (Å²) < 4.78 is 26.7. The van der Waals surface area contributed by atoms with Crippen molar-refractivity contribution in [3.8, 4) is 11.1 Å². The van der Waals surface area contributed by atoms with Gasteiger partial charge in [-0.2, -0.15) is 0 Å². The predicted octanol–water partition coefficient (Wildman–Crippen LogP) is 4.24. The molecule has 0 N–H and O–H groups in total. The number of benzene rings is 2. The number of hydrogen-bond acceptors (Lipinski definition) is 0. The van der Waals surface area contributed by atoms with Gasteiger partial charge < -0.3 is 0 Å². The van der Waals surface area contributed by atoms with Crippen molar-refractivity contribution in [3.05, 3.63) is 57.7 Å². The Hall–Kier alpha value is -0.970. The maximum atomic E-state index is 13.0. The minimum atomic E-state index is -0.287.